The summed E-state index contributed by atoms with van der Waals surface area (Å²) < 4.78 is 0. The molecule has 2 heteroatoms. The van der Waals surface area contributed by atoms with E-state index in [1.54, 1.807) is 6.20 Å². The molecule has 0 saturated carbocycles. The van der Waals surface area contributed by atoms with Crippen molar-refractivity contribution >= 4 is 5.78 Å². The van der Waals surface area contributed by atoms with Crippen LogP contribution in [0, 0.1) is 13.8 Å². The van der Waals surface area contributed by atoms with Gasteiger partial charge in [-0.05, 0) is 43.5 Å². The van der Waals surface area contributed by atoms with Crippen LogP contribution in [0.1, 0.15) is 33.6 Å². The molecule has 2 nitrogen and oxygen atoms in total. The molecule has 0 aliphatic heterocycles. The molecule has 0 bridgehead atoms. The first-order valence-electron chi connectivity index (χ1n) is 6.18. The fraction of sp³-hybridized carbons (Fsp3) is 0.250. The van der Waals surface area contributed by atoms with Gasteiger partial charge >= 0.3 is 0 Å². The third-order valence-corrected chi connectivity index (χ3v) is 3.24. The predicted molar refractivity (Wildman–Crippen MR) is 72.8 cm³/mol. The third kappa shape index (κ3) is 2.83. The highest BCUT2D eigenvalue weighted by atomic mass is 16.1. The van der Waals surface area contributed by atoms with Gasteiger partial charge in [0, 0.05) is 23.9 Å². The molecule has 0 atom stereocenters. The molecule has 2 rings (SSSR count). The number of Topliss-reactive ketones (excluding diaryl/α,β-unsaturated/α-hetero) is 1. The van der Waals surface area contributed by atoms with E-state index in [1.165, 1.54) is 5.56 Å². The lowest BCUT2D eigenvalue weighted by molar-refractivity contribution is 0.0982. The average molecular weight is 239 g/mol. The largest absolute Gasteiger partial charge is 0.294 e. The van der Waals surface area contributed by atoms with Crippen LogP contribution in [-0.4, -0.2) is 10.8 Å². The number of hydrogen-bond donors (Lipinski definition) is 0. The minimum absolute atomic E-state index is 0.196. The molecule has 0 aliphatic carbocycles. The summed E-state index contributed by atoms with van der Waals surface area (Å²) in [5.41, 5.74) is 4.06. The zero-order valence-electron chi connectivity index (χ0n) is 10.8. The molecule has 1 aromatic heterocycles. The Hall–Kier alpha value is -1.96. The Bertz CT molecular complexity index is 546. The molecule has 0 aliphatic rings. The SMILES string of the molecule is Cc1cccc(C(=O)CCc2ccccn2)c1C. The smallest absolute Gasteiger partial charge is 0.163 e. The number of ketones is 1. The Morgan fingerprint density at radius 1 is 1.11 bits per heavy atom. The van der Waals surface area contributed by atoms with Gasteiger partial charge in [-0.2, -0.15) is 0 Å². The minimum Gasteiger partial charge on any atom is -0.294 e. The first kappa shape index (κ1) is 12.5. The van der Waals surface area contributed by atoms with Gasteiger partial charge in [-0.15, -0.1) is 0 Å². The van der Waals surface area contributed by atoms with Gasteiger partial charge in [-0.1, -0.05) is 24.3 Å². The second-order valence-corrected chi connectivity index (χ2v) is 4.49. The van der Waals surface area contributed by atoms with Crippen molar-refractivity contribution in [1.29, 1.82) is 0 Å². The molecule has 0 spiro atoms. The highest BCUT2D eigenvalue weighted by molar-refractivity contribution is 5.97. The molecule has 1 heterocycles. The lowest BCUT2D eigenvalue weighted by Gasteiger charge is -2.07. The molecule has 0 unspecified atom stereocenters. The van der Waals surface area contributed by atoms with Crippen LogP contribution < -0.4 is 0 Å². The number of hydrogen-bond acceptors (Lipinski definition) is 2. The molecule has 18 heavy (non-hydrogen) atoms. The molecule has 2 aromatic rings. The van der Waals surface area contributed by atoms with Gasteiger partial charge in [0.05, 0.1) is 0 Å². The molecule has 0 amide bonds. The van der Waals surface area contributed by atoms with Crippen LogP contribution in [-0.2, 0) is 6.42 Å². The monoisotopic (exact) mass is 239 g/mol. The van der Waals surface area contributed by atoms with Crippen LogP contribution in [0.25, 0.3) is 0 Å². The Balaban J connectivity index is 2.07. The fourth-order valence-corrected chi connectivity index (χ4v) is 1.98. The van der Waals surface area contributed by atoms with Crippen molar-refractivity contribution in [2.75, 3.05) is 0 Å². The quantitative estimate of drug-likeness (QED) is 0.764. The van der Waals surface area contributed by atoms with Gasteiger partial charge in [0.2, 0.25) is 0 Å². The number of aryl methyl sites for hydroxylation is 2. The van der Waals surface area contributed by atoms with Crippen molar-refractivity contribution < 1.29 is 4.79 Å². The third-order valence-electron chi connectivity index (χ3n) is 3.24. The molecule has 1 aromatic carbocycles. The second kappa shape index (κ2) is 5.58. The van der Waals surface area contributed by atoms with Crippen LogP contribution in [0.4, 0.5) is 0 Å². The van der Waals surface area contributed by atoms with Crippen molar-refractivity contribution in [3.8, 4) is 0 Å². The number of nitrogens with zero attached hydrogens (tertiary/aromatic N) is 1. The highest BCUT2D eigenvalue weighted by Gasteiger charge is 2.10. The topological polar surface area (TPSA) is 30.0 Å². The molecule has 0 saturated heterocycles. The molecule has 92 valence electrons. The summed E-state index contributed by atoms with van der Waals surface area (Å²) in [7, 11) is 0. The van der Waals surface area contributed by atoms with Crippen LogP contribution in [0.15, 0.2) is 42.6 Å². The summed E-state index contributed by atoms with van der Waals surface area (Å²) in [6.45, 7) is 4.04. The normalized spacial score (nSPS) is 10.3. The standard InChI is InChI=1S/C16H17NO/c1-12-6-5-8-15(13(12)2)16(18)10-9-14-7-3-4-11-17-14/h3-8,11H,9-10H2,1-2H3. The summed E-state index contributed by atoms with van der Waals surface area (Å²) in [6, 6.07) is 11.7. The average Bonchev–Trinajstić information content (AvgIpc) is 2.40. The molecule has 0 N–H and O–H groups in total. The van der Waals surface area contributed by atoms with Gasteiger partial charge in [0.15, 0.2) is 5.78 Å². The molecule has 0 fully saturated rings. The highest BCUT2D eigenvalue weighted by Crippen LogP contribution is 2.15. The number of benzene rings is 1. The summed E-state index contributed by atoms with van der Waals surface area (Å²) in [5.74, 6) is 0.196. The van der Waals surface area contributed by atoms with Crippen molar-refractivity contribution in [3.05, 3.63) is 65.0 Å². The number of rotatable bonds is 4. The predicted octanol–water partition coefficient (Wildman–Crippen LogP) is 3.51. The molecular formula is C16H17NO. The first-order valence-corrected chi connectivity index (χ1v) is 6.18. The van der Waals surface area contributed by atoms with E-state index in [9.17, 15) is 4.79 Å². The number of pyridine rings is 1. The summed E-state index contributed by atoms with van der Waals surface area (Å²) in [6.07, 6.45) is 2.98. The number of carbonyl (C=O) groups is 1. The van der Waals surface area contributed by atoms with Crippen molar-refractivity contribution in [3.63, 3.8) is 0 Å². The van der Waals surface area contributed by atoms with E-state index < -0.39 is 0 Å². The molecule has 0 radical (unpaired) electrons. The van der Waals surface area contributed by atoms with E-state index in [2.05, 4.69) is 4.98 Å². The van der Waals surface area contributed by atoms with Crippen LogP contribution in [0.3, 0.4) is 0 Å². The van der Waals surface area contributed by atoms with Crippen molar-refractivity contribution in [2.45, 2.75) is 26.7 Å². The van der Waals surface area contributed by atoms with E-state index in [1.807, 2.05) is 50.2 Å². The second-order valence-electron chi connectivity index (χ2n) is 4.49. The zero-order chi connectivity index (χ0) is 13.0. The van der Waals surface area contributed by atoms with Crippen LogP contribution in [0.5, 0.6) is 0 Å². The molecular weight excluding hydrogens is 222 g/mol. The van der Waals surface area contributed by atoms with Gasteiger partial charge in [0.1, 0.15) is 0 Å². The van der Waals surface area contributed by atoms with E-state index >= 15 is 0 Å². The first-order chi connectivity index (χ1) is 8.68. The summed E-state index contributed by atoms with van der Waals surface area (Å²) in [4.78, 5) is 16.4. The maximum absolute atomic E-state index is 12.2. The Labute approximate surface area is 108 Å². The van der Waals surface area contributed by atoms with Crippen molar-refractivity contribution in [2.24, 2.45) is 0 Å². The van der Waals surface area contributed by atoms with E-state index in [0.29, 0.717) is 12.8 Å². The summed E-state index contributed by atoms with van der Waals surface area (Å²) in [5, 5.41) is 0. The lowest BCUT2D eigenvalue weighted by atomic mass is 9.97. The Kier molecular flexibility index (Phi) is 3.88. The van der Waals surface area contributed by atoms with E-state index in [4.69, 9.17) is 0 Å². The van der Waals surface area contributed by atoms with Gasteiger partial charge in [-0.25, -0.2) is 0 Å². The minimum atomic E-state index is 0.196. The number of carbonyl (C=O) groups excluding carboxylic acids is 1. The van der Waals surface area contributed by atoms with Crippen molar-refractivity contribution in [1.82, 2.24) is 4.98 Å². The maximum atomic E-state index is 12.2. The van der Waals surface area contributed by atoms with Gasteiger partial charge < -0.3 is 0 Å². The Morgan fingerprint density at radius 3 is 2.67 bits per heavy atom. The lowest BCUT2D eigenvalue weighted by Crippen LogP contribution is -2.05. The van der Waals surface area contributed by atoms with Crippen LogP contribution in [0.2, 0.25) is 0 Å². The fourth-order valence-electron chi connectivity index (χ4n) is 1.98. The maximum Gasteiger partial charge on any atom is 0.163 e. The Morgan fingerprint density at radius 2 is 1.94 bits per heavy atom. The van der Waals surface area contributed by atoms with Gasteiger partial charge in [0.25, 0.3) is 0 Å². The van der Waals surface area contributed by atoms with Gasteiger partial charge in [-0.3, -0.25) is 9.78 Å². The van der Waals surface area contributed by atoms with Crippen LogP contribution >= 0.6 is 0 Å². The van der Waals surface area contributed by atoms with E-state index in [-0.39, 0.29) is 5.78 Å². The summed E-state index contributed by atoms with van der Waals surface area (Å²) >= 11 is 0. The number of aromatic nitrogens is 1. The van der Waals surface area contributed by atoms with E-state index in [0.717, 1.165) is 16.8 Å². The zero-order valence-corrected chi connectivity index (χ0v) is 10.8.